The monoisotopic (exact) mass is 419 g/mol. The summed E-state index contributed by atoms with van der Waals surface area (Å²) in [7, 11) is 1.65. The summed E-state index contributed by atoms with van der Waals surface area (Å²) >= 11 is 0. The molecule has 4 heterocycles. The molecular formula is C23H25N5O3. The molecule has 1 aromatic carbocycles. The zero-order valence-electron chi connectivity index (χ0n) is 17.5. The average Bonchev–Trinajstić information content (AvgIpc) is 3.33. The molecule has 1 saturated heterocycles. The van der Waals surface area contributed by atoms with Gasteiger partial charge in [-0.05, 0) is 29.8 Å². The molecule has 1 amide bonds. The van der Waals surface area contributed by atoms with Crippen LogP contribution >= 0.6 is 0 Å². The van der Waals surface area contributed by atoms with Crippen LogP contribution in [-0.4, -0.2) is 65.7 Å². The van der Waals surface area contributed by atoms with Crippen LogP contribution in [0.5, 0.6) is 5.75 Å². The molecule has 31 heavy (non-hydrogen) atoms. The van der Waals surface area contributed by atoms with Crippen LogP contribution in [0.2, 0.25) is 0 Å². The summed E-state index contributed by atoms with van der Waals surface area (Å²) in [5, 5.41) is 0. The summed E-state index contributed by atoms with van der Waals surface area (Å²) in [6.45, 7) is 3.51. The number of amides is 1. The first-order valence-electron chi connectivity index (χ1n) is 10.5. The minimum Gasteiger partial charge on any atom is -0.497 e. The molecule has 0 unspecified atom stereocenters. The van der Waals surface area contributed by atoms with Crippen molar-refractivity contribution in [3.05, 3.63) is 71.4 Å². The van der Waals surface area contributed by atoms with Crippen LogP contribution in [-0.2, 0) is 11.2 Å². The fraction of sp³-hybridized carbons (Fsp3) is 0.348. The van der Waals surface area contributed by atoms with E-state index in [2.05, 4.69) is 19.9 Å². The van der Waals surface area contributed by atoms with Gasteiger partial charge in [-0.1, -0.05) is 12.1 Å². The van der Waals surface area contributed by atoms with Gasteiger partial charge in [-0.3, -0.25) is 4.79 Å². The molecule has 5 rings (SSSR count). The Labute approximate surface area is 180 Å². The van der Waals surface area contributed by atoms with E-state index in [1.165, 1.54) is 0 Å². The Kier molecular flexibility index (Phi) is 5.30. The van der Waals surface area contributed by atoms with E-state index in [0.29, 0.717) is 25.3 Å². The Morgan fingerprint density at radius 2 is 1.94 bits per heavy atom. The van der Waals surface area contributed by atoms with Crippen LogP contribution in [0.1, 0.15) is 33.4 Å². The van der Waals surface area contributed by atoms with E-state index in [0.717, 1.165) is 48.0 Å². The third-order valence-corrected chi connectivity index (χ3v) is 5.94. The van der Waals surface area contributed by atoms with Gasteiger partial charge in [0.1, 0.15) is 17.6 Å². The van der Waals surface area contributed by atoms with Gasteiger partial charge >= 0.3 is 0 Å². The molecule has 0 aliphatic carbocycles. The van der Waals surface area contributed by atoms with Crippen LogP contribution in [0.15, 0.2) is 48.9 Å². The molecular weight excluding hydrogens is 394 g/mol. The quantitative estimate of drug-likeness (QED) is 0.699. The predicted molar refractivity (Wildman–Crippen MR) is 115 cm³/mol. The Hall–Kier alpha value is -3.39. The lowest BCUT2D eigenvalue weighted by atomic mass is 9.94. The number of nitrogens with zero attached hydrogens (tertiary/aromatic N) is 4. The molecule has 160 valence electrons. The number of aromatic amines is 1. The largest absolute Gasteiger partial charge is 0.497 e. The van der Waals surface area contributed by atoms with Crippen LogP contribution in [0.4, 0.5) is 5.82 Å². The number of methoxy groups -OCH3 is 1. The van der Waals surface area contributed by atoms with Crippen LogP contribution in [0, 0.1) is 0 Å². The number of fused-ring (bicyclic) bond motifs is 1. The summed E-state index contributed by atoms with van der Waals surface area (Å²) in [5.41, 5.74) is 3.61. The maximum absolute atomic E-state index is 13.7. The summed E-state index contributed by atoms with van der Waals surface area (Å²) in [5.74, 6) is 1.57. The lowest BCUT2D eigenvalue weighted by molar-refractivity contribution is 0.0690. The molecule has 2 aromatic heterocycles. The number of rotatable bonds is 4. The minimum atomic E-state index is -0.256. The van der Waals surface area contributed by atoms with E-state index < -0.39 is 0 Å². The third kappa shape index (κ3) is 3.74. The molecule has 2 aliphatic rings. The number of hydrogen-bond donors (Lipinski definition) is 1. The molecule has 0 saturated carbocycles. The van der Waals surface area contributed by atoms with Crippen molar-refractivity contribution >= 4 is 11.7 Å². The van der Waals surface area contributed by atoms with Crippen molar-refractivity contribution in [2.24, 2.45) is 0 Å². The molecule has 8 heteroatoms. The Balaban J connectivity index is 1.48. The van der Waals surface area contributed by atoms with Gasteiger partial charge in [0.15, 0.2) is 0 Å². The number of aromatic nitrogens is 3. The number of carbonyl (C=O) groups excluding carboxylic acids is 1. The molecule has 0 spiro atoms. The average molecular weight is 419 g/mol. The van der Waals surface area contributed by atoms with E-state index in [9.17, 15) is 4.79 Å². The highest BCUT2D eigenvalue weighted by atomic mass is 16.5. The minimum absolute atomic E-state index is 0.0219. The van der Waals surface area contributed by atoms with Gasteiger partial charge in [0.25, 0.3) is 5.91 Å². The topological polar surface area (TPSA) is 83.6 Å². The zero-order valence-corrected chi connectivity index (χ0v) is 17.5. The number of carbonyl (C=O) groups is 1. The molecule has 0 bridgehead atoms. The first kappa shape index (κ1) is 19.6. The number of imidazole rings is 1. The van der Waals surface area contributed by atoms with Crippen molar-refractivity contribution in [2.75, 3.05) is 44.9 Å². The summed E-state index contributed by atoms with van der Waals surface area (Å²) in [6, 6.07) is 11.3. The van der Waals surface area contributed by atoms with Gasteiger partial charge < -0.3 is 24.3 Å². The second-order valence-corrected chi connectivity index (χ2v) is 7.69. The molecule has 2 aliphatic heterocycles. The summed E-state index contributed by atoms with van der Waals surface area (Å²) in [6.07, 6.45) is 4.16. The van der Waals surface area contributed by atoms with Gasteiger partial charge in [0.05, 0.1) is 32.3 Å². The van der Waals surface area contributed by atoms with Crippen molar-refractivity contribution in [3.8, 4) is 5.75 Å². The summed E-state index contributed by atoms with van der Waals surface area (Å²) < 4.78 is 10.7. The Bertz CT molecular complexity index is 1060. The van der Waals surface area contributed by atoms with Gasteiger partial charge in [-0.15, -0.1) is 0 Å². The number of hydrogen-bond acceptors (Lipinski definition) is 6. The number of benzene rings is 1. The molecule has 3 aromatic rings. The van der Waals surface area contributed by atoms with E-state index in [1.54, 1.807) is 25.7 Å². The Morgan fingerprint density at radius 1 is 1.13 bits per heavy atom. The second-order valence-electron chi connectivity index (χ2n) is 7.69. The number of anilines is 1. The smallest absolute Gasteiger partial charge is 0.254 e. The highest BCUT2D eigenvalue weighted by molar-refractivity contribution is 5.95. The van der Waals surface area contributed by atoms with Crippen molar-refractivity contribution in [3.63, 3.8) is 0 Å². The fourth-order valence-electron chi connectivity index (χ4n) is 4.30. The highest BCUT2D eigenvalue weighted by Crippen LogP contribution is 2.35. The number of pyridine rings is 1. The third-order valence-electron chi connectivity index (χ3n) is 5.94. The number of H-pyrrole nitrogens is 1. The fourth-order valence-corrected chi connectivity index (χ4v) is 4.30. The van der Waals surface area contributed by atoms with Crippen molar-refractivity contribution in [2.45, 2.75) is 12.5 Å². The molecule has 8 nitrogen and oxygen atoms in total. The Morgan fingerprint density at radius 3 is 2.71 bits per heavy atom. The van der Waals surface area contributed by atoms with E-state index in [4.69, 9.17) is 9.47 Å². The molecule has 0 radical (unpaired) electrons. The van der Waals surface area contributed by atoms with Crippen LogP contribution in [0.3, 0.4) is 0 Å². The van der Waals surface area contributed by atoms with Gasteiger partial charge in [0.2, 0.25) is 0 Å². The van der Waals surface area contributed by atoms with Gasteiger partial charge in [-0.25, -0.2) is 9.97 Å². The van der Waals surface area contributed by atoms with Crippen molar-refractivity contribution in [1.82, 2.24) is 19.9 Å². The van der Waals surface area contributed by atoms with Crippen LogP contribution in [0.25, 0.3) is 0 Å². The number of ether oxygens (including phenoxy) is 2. The van der Waals surface area contributed by atoms with E-state index in [-0.39, 0.29) is 11.9 Å². The van der Waals surface area contributed by atoms with Gasteiger partial charge in [0, 0.05) is 43.5 Å². The van der Waals surface area contributed by atoms with Crippen molar-refractivity contribution < 1.29 is 14.3 Å². The SMILES string of the molecule is COc1ccc([C@H]2c3nc[nH]c3CCN2C(=O)c2ccnc(N3CCOCC3)c2)cc1. The number of nitrogens with one attached hydrogen (secondary N) is 1. The zero-order chi connectivity index (χ0) is 21.2. The van der Waals surface area contributed by atoms with Gasteiger partial charge in [-0.2, -0.15) is 0 Å². The van der Waals surface area contributed by atoms with E-state index >= 15 is 0 Å². The first-order valence-corrected chi connectivity index (χ1v) is 10.5. The normalized spacial score (nSPS) is 18.5. The standard InChI is InChI=1S/C23H25N5O3/c1-30-18-4-2-16(3-5-18)22-21-19(25-15-26-21)7-9-28(22)23(29)17-6-8-24-20(14-17)27-10-12-31-13-11-27/h2-6,8,14-15,22H,7,9-13H2,1H3,(H,25,26)/t22-/m0/s1. The predicted octanol–water partition coefficient (Wildman–Crippen LogP) is 2.44. The highest BCUT2D eigenvalue weighted by Gasteiger charge is 2.34. The maximum Gasteiger partial charge on any atom is 0.254 e. The second kappa shape index (κ2) is 8.39. The molecule has 1 fully saturated rings. The molecule has 1 atom stereocenters. The maximum atomic E-state index is 13.7. The first-order chi connectivity index (χ1) is 15.2. The lowest BCUT2D eigenvalue weighted by Gasteiger charge is -2.35. The number of morpholine rings is 1. The lowest BCUT2D eigenvalue weighted by Crippen LogP contribution is -2.41. The van der Waals surface area contributed by atoms with Crippen molar-refractivity contribution in [1.29, 1.82) is 0 Å². The van der Waals surface area contributed by atoms with E-state index in [1.807, 2.05) is 35.2 Å². The molecule has 1 N–H and O–H groups in total. The summed E-state index contributed by atoms with van der Waals surface area (Å²) in [4.78, 5) is 30.0. The van der Waals surface area contributed by atoms with Crippen LogP contribution < -0.4 is 9.64 Å².